The number of ketones is 1. The largest absolute Gasteiger partial charge is 0.497 e. The van der Waals surface area contributed by atoms with E-state index in [0.717, 1.165) is 15.7 Å². The van der Waals surface area contributed by atoms with Crippen LogP contribution in [0.25, 0.3) is 0 Å². The molecule has 0 radical (unpaired) electrons. The lowest BCUT2D eigenvalue weighted by Crippen LogP contribution is -2.59. The number of rotatable bonds is 9. The molecule has 8 nitrogen and oxygen atoms in total. The van der Waals surface area contributed by atoms with Crippen molar-refractivity contribution in [1.29, 1.82) is 0 Å². The average Bonchev–Trinajstić information content (AvgIpc) is 3.46. The van der Waals surface area contributed by atoms with Gasteiger partial charge in [0, 0.05) is 15.7 Å². The first-order valence-corrected chi connectivity index (χ1v) is 15.2. The number of benzene rings is 4. The van der Waals surface area contributed by atoms with Crippen LogP contribution in [0.15, 0.2) is 131 Å². The Bertz CT molecular complexity index is 1760. The summed E-state index contributed by atoms with van der Waals surface area (Å²) in [5.41, 5.74) is 2.77. The fraction of sp³-hybridized carbons (Fsp3) is 0.167. The average molecular weight is 665 g/mol. The maximum absolute atomic E-state index is 14.1. The van der Waals surface area contributed by atoms with Gasteiger partial charge in [-0.15, -0.1) is 0 Å². The lowest BCUT2D eigenvalue weighted by Gasteiger charge is -2.46. The van der Waals surface area contributed by atoms with Crippen LogP contribution in [0.1, 0.15) is 21.8 Å². The Kier molecular flexibility index (Phi) is 8.62. The van der Waals surface area contributed by atoms with Gasteiger partial charge in [0.05, 0.1) is 43.8 Å². The van der Waals surface area contributed by atoms with Gasteiger partial charge < -0.3 is 14.4 Å². The molecule has 0 aromatic heterocycles. The number of β-lactam (4-membered cyclic amide) rings is 1. The summed E-state index contributed by atoms with van der Waals surface area (Å²) in [7, 11) is 2.87. The molecule has 2 aliphatic heterocycles. The number of amides is 1. The van der Waals surface area contributed by atoms with Crippen molar-refractivity contribution in [3.63, 3.8) is 0 Å². The van der Waals surface area contributed by atoms with Gasteiger partial charge in [-0.3, -0.25) is 14.6 Å². The summed E-state index contributed by atoms with van der Waals surface area (Å²) < 4.78 is 11.3. The number of esters is 1. The Morgan fingerprint density at radius 3 is 2.00 bits per heavy atom. The summed E-state index contributed by atoms with van der Waals surface area (Å²) in [5.74, 6) is -1.69. The van der Waals surface area contributed by atoms with Crippen LogP contribution >= 0.6 is 15.9 Å². The minimum Gasteiger partial charge on any atom is -0.497 e. The van der Waals surface area contributed by atoms with E-state index in [0.29, 0.717) is 17.0 Å². The van der Waals surface area contributed by atoms with Crippen molar-refractivity contribution in [1.82, 2.24) is 0 Å². The molecule has 9 heteroatoms. The molecule has 45 heavy (non-hydrogen) atoms. The topological polar surface area (TPSA) is 88.5 Å². The van der Waals surface area contributed by atoms with Gasteiger partial charge in [-0.2, -0.15) is 5.10 Å². The van der Waals surface area contributed by atoms with Crippen LogP contribution < -0.4 is 14.6 Å². The second kappa shape index (κ2) is 12.9. The first kappa shape index (κ1) is 30.0. The predicted octanol–water partition coefficient (Wildman–Crippen LogP) is 6.43. The molecular formula is C36H30BrN3O5. The van der Waals surface area contributed by atoms with E-state index >= 15 is 0 Å². The fourth-order valence-corrected chi connectivity index (χ4v) is 6.14. The zero-order valence-electron chi connectivity index (χ0n) is 24.6. The Labute approximate surface area is 269 Å². The summed E-state index contributed by atoms with van der Waals surface area (Å²) in [6.07, 6.45) is 3.83. The maximum atomic E-state index is 14.1. The summed E-state index contributed by atoms with van der Waals surface area (Å²) in [4.78, 5) is 42.6. The van der Waals surface area contributed by atoms with Crippen molar-refractivity contribution in [2.75, 3.05) is 24.1 Å². The molecule has 2 aliphatic rings. The highest BCUT2D eigenvalue weighted by atomic mass is 79.9. The van der Waals surface area contributed by atoms with E-state index in [1.807, 2.05) is 97.1 Å². The number of halogens is 1. The predicted molar refractivity (Wildman–Crippen MR) is 177 cm³/mol. The Hall–Kier alpha value is -5.02. The van der Waals surface area contributed by atoms with E-state index in [9.17, 15) is 14.4 Å². The zero-order chi connectivity index (χ0) is 31.5. The number of anilines is 2. The molecule has 4 aromatic rings. The van der Waals surface area contributed by atoms with Crippen LogP contribution in [0.5, 0.6) is 5.75 Å². The van der Waals surface area contributed by atoms with Crippen LogP contribution in [0, 0.1) is 5.92 Å². The summed E-state index contributed by atoms with van der Waals surface area (Å²) in [5, 5.41) is 6.35. The van der Waals surface area contributed by atoms with Gasteiger partial charge in [-0.25, -0.2) is 4.79 Å². The monoisotopic (exact) mass is 663 g/mol. The number of methoxy groups -OCH3 is 2. The van der Waals surface area contributed by atoms with Crippen molar-refractivity contribution in [3.8, 4) is 5.75 Å². The first-order chi connectivity index (χ1) is 21.9. The first-order valence-electron chi connectivity index (χ1n) is 14.4. The molecule has 0 N–H and O–H groups in total. The Morgan fingerprint density at radius 1 is 0.778 bits per heavy atom. The lowest BCUT2D eigenvalue weighted by molar-refractivity contribution is -0.133. The SMILES string of the molecule is COC(=O)C1=NN(c2ccc(Br)cc2)[C@H](C=C[C@H]2[C@@H](c3ccccc3)C(=O)N2c2ccc(OC)cc2)[C@H]1C(=O)c1ccccc1. The van der Waals surface area contributed by atoms with E-state index in [2.05, 4.69) is 21.0 Å². The van der Waals surface area contributed by atoms with Crippen LogP contribution in [0.2, 0.25) is 0 Å². The number of Topliss-reactive ketones (excluding diaryl/α,β-unsaturated/α-hetero) is 1. The lowest BCUT2D eigenvalue weighted by atomic mass is 9.79. The minimum absolute atomic E-state index is 0.0141. The zero-order valence-corrected chi connectivity index (χ0v) is 26.2. The molecular weight excluding hydrogens is 634 g/mol. The van der Waals surface area contributed by atoms with Crippen LogP contribution in [-0.2, 0) is 14.3 Å². The van der Waals surface area contributed by atoms with Crippen LogP contribution in [0.4, 0.5) is 11.4 Å². The van der Waals surface area contributed by atoms with Gasteiger partial charge >= 0.3 is 5.97 Å². The third kappa shape index (κ3) is 5.79. The normalized spacial score (nSPS) is 21.0. The molecule has 2 heterocycles. The van der Waals surface area contributed by atoms with E-state index in [-0.39, 0.29) is 23.4 Å². The fourth-order valence-electron chi connectivity index (χ4n) is 5.87. The molecule has 6 rings (SSSR count). The van der Waals surface area contributed by atoms with E-state index in [1.165, 1.54) is 7.11 Å². The molecule has 1 saturated heterocycles. The second-order valence-electron chi connectivity index (χ2n) is 10.7. The molecule has 0 bridgehead atoms. The van der Waals surface area contributed by atoms with Gasteiger partial charge in [-0.1, -0.05) is 88.7 Å². The number of nitrogens with zero attached hydrogens (tertiary/aromatic N) is 3. The van der Waals surface area contributed by atoms with Gasteiger partial charge in [0.2, 0.25) is 5.91 Å². The molecule has 0 unspecified atom stereocenters. The second-order valence-corrected chi connectivity index (χ2v) is 11.6. The van der Waals surface area contributed by atoms with E-state index < -0.39 is 23.8 Å². The van der Waals surface area contributed by atoms with E-state index in [4.69, 9.17) is 9.47 Å². The molecule has 1 amide bonds. The third-order valence-electron chi connectivity index (χ3n) is 8.12. The quantitative estimate of drug-likeness (QED) is 0.0888. The van der Waals surface area contributed by atoms with Crippen molar-refractivity contribution < 1.29 is 23.9 Å². The number of hydrogen-bond donors (Lipinski definition) is 0. The number of ether oxygens (including phenoxy) is 2. The Balaban J connectivity index is 1.44. The molecule has 0 saturated carbocycles. The van der Waals surface area contributed by atoms with Crippen molar-refractivity contribution >= 4 is 50.7 Å². The number of carbonyl (C=O) groups excluding carboxylic acids is 3. The van der Waals surface area contributed by atoms with Gasteiger partial charge in [0.25, 0.3) is 0 Å². The molecule has 0 aliphatic carbocycles. The standard InChI is InChI=1S/C36H30BrN3O5/c1-44-28-19-17-26(18-20-28)39-29(31(35(39)42)23-9-5-3-6-10-23)21-22-30-32(34(41)24-11-7-4-8-12-24)33(36(43)45-2)38-40(30)27-15-13-25(37)14-16-27/h3-22,29-32H,1-2H3/t29-,30+,31+,32+/m0/s1. The molecule has 1 fully saturated rings. The highest BCUT2D eigenvalue weighted by Crippen LogP contribution is 2.41. The number of hydrazone groups is 1. The van der Waals surface area contributed by atoms with Crippen molar-refractivity contribution in [2.45, 2.75) is 18.0 Å². The molecule has 4 atom stereocenters. The van der Waals surface area contributed by atoms with Crippen LogP contribution in [-0.4, -0.2) is 49.7 Å². The van der Waals surface area contributed by atoms with Gasteiger partial charge in [0.15, 0.2) is 11.5 Å². The Morgan fingerprint density at radius 2 is 1.38 bits per heavy atom. The maximum Gasteiger partial charge on any atom is 0.355 e. The number of hydrogen-bond acceptors (Lipinski definition) is 7. The van der Waals surface area contributed by atoms with Crippen molar-refractivity contribution in [3.05, 3.63) is 137 Å². The highest BCUT2D eigenvalue weighted by molar-refractivity contribution is 9.10. The summed E-state index contributed by atoms with van der Waals surface area (Å²) in [6, 6.07) is 32.2. The molecule has 4 aromatic carbocycles. The molecule has 0 spiro atoms. The van der Waals surface area contributed by atoms with E-state index in [1.54, 1.807) is 41.3 Å². The molecule has 226 valence electrons. The van der Waals surface area contributed by atoms with Gasteiger partial charge in [-0.05, 0) is 54.1 Å². The van der Waals surface area contributed by atoms with Crippen molar-refractivity contribution in [2.24, 2.45) is 11.0 Å². The van der Waals surface area contributed by atoms with Gasteiger partial charge in [0.1, 0.15) is 5.75 Å². The summed E-state index contributed by atoms with van der Waals surface area (Å²) >= 11 is 3.48. The summed E-state index contributed by atoms with van der Waals surface area (Å²) in [6.45, 7) is 0. The third-order valence-corrected chi connectivity index (χ3v) is 8.65. The smallest absolute Gasteiger partial charge is 0.355 e. The minimum atomic E-state index is -0.958. The van der Waals surface area contributed by atoms with Crippen LogP contribution in [0.3, 0.4) is 0 Å². The highest BCUT2D eigenvalue weighted by Gasteiger charge is 2.49. The number of carbonyl (C=O) groups is 3.